The Kier molecular flexibility index (Phi) is 7.67. The number of alkyl carbamates (subject to hydrolysis) is 1. The molecule has 10 nitrogen and oxygen atoms in total. The number of nitrogens with zero attached hydrogens (tertiary/aromatic N) is 1. The van der Waals surface area contributed by atoms with Gasteiger partial charge in [-0.05, 0) is 12.5 Å². The van der Waals surface area contributed by atoms with Crippen molar-refractivity contribution in [3.8, 4) is 0 Å². The van der Waals surface area contributed by atoms with E-state index in [4.69, 9.17) is 4.74 Å². The predicted octanol–water partition coefficient (Wildman–Crippen LogP) is 0.235. The summed E-state index contributed by atoms with van der Waals surface area (Å²) in [6.07, 6.45) is -1.74. The standard InChI is InChI=1S/C13H16N2O8S2/c1-9(23-25(2,20)21)11(12(16)15-24(18)19)14-13(17)22-8-10-6-4-3-5-7-10/h3-7,9,11H,8H2,1-2H3,(H,14,17)/t9-,11+/m1/s1. The molecule has 0 fully saturated rings. The van der Waals surface area contributed by atoms with E-state index in [0.29, 0.717) is 5.56 Å². The molecule has 0 heterocycles. The van der Waals surface area contributed by atoms with Crippen LogP contribution in [0.3, 0.4) is 0 Å². The van der Waals surface area contributed by atoms with Crippen LogP contribution in [0.15, 0.2) is 34.7 Å². The zero-order valence-electron chi connectivity index (χ0n) is 13.3. The third-order valence-electron chi connectivity index (χ3n) is 2.71. The summed E-state index contributed by atoms with van der Waals surface area (Å²) in [6, 6.07) is 6.95. The zero-order chi connectivity index (χ0) is 19.0. The maximum Gasteiger partial charge on any atom is 0.408 e. The van der Waals surface area contributed by atoms with Crippen molar-refractivity contribution in [1.82, 2.24) is 5.32 Å². The number of ether oxygens (including phenoxy) is 1. The SMILES string of the molecule is C[C@@H](OS(C)(=O)=O)[C@H](NC(=O)OCc1ccccc1)C(=O)N=S(=O)=O. The Labute approximate surface area is 146 Å². The fourth-order valence-corrected chi connectivity index (χ4v) is 2.66. The fraction of sp³-hybridized carbons (Fsp3) is 0.385. The van der Waals surface area contributed by atoms with Gasteiger partial charge in [0.05, 0.1) is 6.26 Å². The minimum absolute atomic E-state index is 0.112. The van der Waals surface area contributed by atoms with Gasteiger partial charge >= 0.3 is 16.6 Å². The summed E-state index contributed by atoms with van der Waals surface area (Å²) in [5, 5.41) is 2.05. The van der Waals surface area contributed by atoms with Gasteiger partial charge in [-0.25, -0.2) is 4.79 Å². The lowest BCUT2D eigenvalue weighted by atomic mass is 10.2. The summed E-state index contributed by atoms with van der Waals surface area (Å²) in [7, 11) is -7.04. The van der Waals surface area contributed by atoms with Crippen molar-refractivity contribution in [3.63, 3.8) is 0 Å². The Hall–Kier alpha value is -2.31. The lowest BCUT2D eigenvalue weighted by molar-refractivity contribution is -0.121. The number of benzene rings is 1. The molecule has 1 rings (SSSR count). The van der Waals surface area contributed by atoms with Gasteiger partial charge in [0, 0.05) is 0 Å². The van der Waals surface area contributed by atoms with Crippen LogP contribution in [0.25, 0.3) is 0 Å². The van der Waals surface area contributed by atoms with Gasteiger partial charge in [-0.1, -0.05) is 34.7 Å². The number of rotatable bonds is 7. The molecule has 1 N–H and O–H groups in total. The molecule has 0 aromatic heterocycles. The largest absolute Gasteiger partial charge is 0.445 e. The second-order valence-electron chi connectivity index (χ2n) is 4.84. The quantitative estimate of drug-likeness (QED) is 0.649. The molecule has 2 amide bonds. The molecular formula is C13H16N2O8S2. The molecule has 0 bridgehead atoms. The number of amides is 2. The van der Waals surface area contributed by atoms with Crippen molar-refractivity contribution < 1.29 is 35.3 Å². The first-order valence-electron chi connectivity index (χ1n) is 6.79. The van der Waals surface area contributed by atoms with Crippen molar-refractivity contribution in [3.05, 3.63) is 35.9 Å². The van der Waals surface area contributed by atoms with Gasteiger partial charge in [-0.3, -0.25) is 8.98 Å². The highest BCUT2D eigenvalue weighted by molar-refractivity contribution is 7.86. The van der Waals surface area contributed by atoms with Gasteiger partial charge < -0.3 is 10.1 Å². The Morgan fingerprint density at radius 2 is 1.84 bits per heavy atom. The highest BCUT2D eigenvalue weighted by atomic mass is 32.2. The number of carbonyl (C=O) groups is 2. The summed E-state index contributed by atoms with van der Waals surface area (Å²) in [5.41, 5.74) is 0.673. The molecule has 1 aromatic rings. The maximum absolute atomic E-state index is 11.8. The van der Waals surface area contributed by atoms with E-state index < -0.39 is 44.8 Å². The van der Waals surface area contributed by atoms with Gasteiger partial charge in [0.15, 0.2) is 0 Å². The first-order valence-corrected chi connectivity index (χ1v) is 9.64. The molecular weight excluding hydrogens is 376 g/mol. The molecule has 1 aromatic carbocycles. The monoisotopic (exact) mass is 392 g/mol. The van der Waals surface area contributed by atoms with E-state index in [9.17, 15) is 26.4 Å². The molecule has 0 spiro atoms. The molecule has 12 heteroatoms. The van der Waals surface area contributed by atoms with Crippen molar-refractivity contribution in [1.29, 1.82) is 0 Å². The van der Waals surface area contributed by atoms with Gasteiger partial charge in [0.25, 0.3) is 16.0 Å². The van der Waals surface area contributed by atoms with Gasteiger partial charge in [-0.15, -0.1) is 0 Å². The van der Waals surface area contributed by atoms with E-state index in [1.807, 2.05) is 5.32 Å². The summed E-state index contributed by atoms with van der Waals surface area (Å²) in [4.78, 5) is 23.6. The van der Waals surface area contributed by atoms with Crippen LogP contribution in [-0.4, -0.2) is 47.2 Å². The van der Waals surface area contributed by atoms with Gasteiger partial charge in [-0.2, -0.15) is 16.8 Å². The van der Waals surface area contributed by atoms with Gasteiger partial charge in [0.1, 0.15) is 18.8 Å². The van der Waals surface area contributed by atoms with Crippen LogP contribution >= 0.6 is 0 Å². The average Bonchev–Trinajstić information content (AvgIpc) is 2.49. The Balaban J connectivity index is 2.82. The second kappa shape index (κ2) is 9.25. The molecule has 0 aliphatic heterocycles. The van der Waals surface area contributed by atoms with Crippen LogP contribution in [0.2, 0.25) is 0 Å². The topological polar surface area (TPSA) is 145 Å². The molecule has 0 unspecified atom stereocenters. The van der Waals surface area contributed by atoms with Crippen LogP contribution in [0.1, 0.15) is 12.5 Å². The molecule has 0 radical (unpaired) electrons. The van der Waals surface area contributed by atoms with E-state index in [0.717, 1.165) is 13.2 Å². The van der Waals surface area contributed by atoms with E-state index in [1.54, 1.807) is 30.3 Å². The van der Waals surface area contributed by atoms with E-state index in [-0.39, 0.29) is 6.61 Å². The Morgan fingerprint density at radius 3 is 2.36 bits per heavy atom. The smallest absolute Gasteiger partial charge is 0.408 e. The van der Waals surface area contributed by atoms with Crippen LogP contribution < -0.4 is 5.32 Å². The van der Waals surface area contributed by atoms with Crippen LogP contribution in [-0.2, 0) is 40.9 Å². The van der Waals surface area contributed by atoms with Gasteiger partial charge in [0.2, 0.25) is 0 Å². The van der Waals surface area contributed by atoms with Crippen LogP contribution in [0.5, 0.6) is 0 Å². The molecule has 0 aliphatic rings. The molecule has 0 saturated heterocycles. The normalized spacial score (nSPS) is 13.4. The minimum atomic E-state index is -3.96. The van der Waals surface area contributed by atoms with Crippen LogP contribution in [0.4, 0.5) is 4.79 Å². The molecule has 0 saturated carbocycles. The Morgan fingerprint density at radius 1 is 1.24 bits per heavy atom. The second-order valence-corrected chi connectivity index (χ2v) is 7.05. The van der Waals surface area contributed by atoms with Crippen molar-refractivity contribution >= 4 is 32.6 Å². The number of nitrogens with one attached hydrogen (secondary N) is 1. The predicted molar refractivity (Wildman–Crippen MR) is 85.3 cm³/mol. The average molecular weight is 392 g/mol. The maximum atomic E-state index is 11.8. The number of hydrogen-bond acceptors (Lipinski definition) is 8. The summed E-state index contributed by atoms with van der Waals surface area (Å²) in [6.45, 7) is 1.05. The fourth-order valence-electron chi connectivity index (χ4n) is 1.73. The first kappa shape index (κ1) is 20.7. The third-order valence-corrected chi connectivity index (χ3v) is 3.69. The highest BCUT2D eigenvalue weighted by Crippen LogP contribution is 2.07. The summed E-state index contributed by atoms with van der Waals surface area (Å²) < 4.78 is 55.6. The summed E-state index contributed by atoms with van der Waals surface area (Å²) in [5.74, 6) is -1.30. The molecule has 0 aliphatic carbocycles. The van der Waals surface area contributed by atoms with Crippen molar-refractivity contribution in [2.75, 3.05) is 6.26 Å². The van der Waals surface area contributed by atoms with Crippen LogP contribution in [0, 0.1) is 0 Å². The van der Waals surface area contributed by atoms with E-state index in [2.05, 4.69) is 8.55 Å². The molecule has 2 atom stereocenters. The number of carbonyl (C=O) groups excluding carboxylic acids is 2. The lowest BCUT2D eigenvalue weighted by Crippen LogP contribution is -2.48. The minimum Gasteiger partial charge on any atom is -0.445 e. The van der Waals surface area contributed by atoms with Crippen molar-refractivity contribution in [2.24, 2.45) is 4.36 Å². The van der Waals surface area contributed by atoms with Crippen molar-refractivity contribution in [2.45, 2.75) is 25.7 Å². The molecule has 25 heavy (non-hydrogen) atoms. The summed E-state index contributed by atoms with van der Waals surface area (Å²) >= 11 is 0. The highest BCUT2D eigenvalue weighted by Gasteiger charge is 2.31. The first-order chi connectivity index (χ1) is 11.6. The van der Waals surface area contributed by atoms with E-state index >= 15 is 0 Å². The zero-order valence-corrected chi connectivity index (χ0v) is 14.9. The Bertz CT molecular complexity index is 841. The number of hydrogen-bond donors (Lipinski definition) is 1. The molecule has 138 valence electrons. The van der Waals surface area contributed by atoms with E-state index in [1.165, 1.54) is 0 Å². The lowest BCUT2D eigenvalue weighted by Gasteiger charge is -2.20. The third kappa shape index (κ3) is 8.37.